The number of nitrogens with one attached hydrogen (secondary N) is 1. The molecule has 2 aliphatic heterocycles. The average Bonchev–Trinajstić information content (AvgIpc) is 3.08. The summed E-state index contributed by atoms with van der Waals surface area (Å²) in [5.41, 5.74) is 0.379. The van der Waals surface area contributed by atoms with Gasteiger partial charge in [-0.2, -0.15) is 0 Å². The number of ether oxygens (including phenoxy) is 2. The highest BCUT2D eigenvalue weighted by atomic mass is 35.5. The highest BCUT2D eigenvalue weighted by Gasteiger charge is 2.50. The third-order valence-corrected chi connectivity index (χ3v) is 4.13. The van der Waals surface area contributed by atoms with Crippen LogP contribution in [0.1, 0.15) is 0 Å². The molecule has 3 rings (SSSR count). The van der Waals surface area contributed by atoms with Gasteiger partial charge in [-0.05, 0) is 18.2 Å². The maximum Gasteiger partial charge on any atom is 0.231 e. The summed E-state index contributed by atoms with van der Waals surface area (Å²) in [6.45, 7) is 0. The van der Waals surface area contributed by atoms with E-state index in [9.17, 15) is 14.7 Å². The fourth-order valence-electron chi connectivity index (χ4n) is 2.90. The Kier molecular flexibility index (Phi) is 3.80. The quantitative estimate of drug-likeness (QED) is 0.820. The van der Waals surface area contributed by atoms with Crippen molar-refractivity contribution in [2.75, 3.05) is 12.4 Å². The molecule has 0 radical (unpaired) electrons. The summed E-state index contributed by atoms with van der Waals surface area (Å²) in [5, 5.41) is 14.4. The molecule has 4 atom stereocenters. The summed E-state index contributed by atoms with van der Waals surface area (Å²) in [7, 11) is 1.46. The number of hydrogen-bond acceptors (Lipinski definition) is 5. The Balaban J connectivity index is 1.84. The molecule has 6 nitrogen and oxygen atoms in total. The molecule has 0 spiro atoms. The average molecular weight is 323 g/mol. The summed E-state index contributed by atoms with van der Waals surface area (Å²) >= 11 is 5.91. The van der Waals surface area contributed by atoms with Crippen LogP contribution in [0.4, 0.5) is 5.69 Å². The smallest absolute Gasteiger partial charge is 0.231 e. The lowest BCUT2D eigenvalue weighted by molar-refractivity contribution is -0.313. The summed E-state index contributed by atoms with van der Waals surface area (Å²) in [5.74, 6) is -3.17. The Morgan fingerprint density at radius 1 is 1.27 bits per heavy atom. The number of aliphatic carboxylic acids is 1. The van der Waals surface area contributed by atoms with E-state index < -0.39 is 35.9 Å². The minimum atomic E-state index is -1.30. The first-order chi connectivity index (χ1) is 10.5. The third-order valence-electron chi connectivity index (χ3n) is 3.89. The van der Waals surface area contributed by atoms with Crippen LogP contribution in [0.25, 0.3) is 0 Å². The molecular weight excluding hydrogens is 310 g/mol. The summed E-state index contributed by atoms with van der Waals surface area (Å²) in [6, 6.07) is 4.78. The topological polar surface area (TPSA) is 87.7 Å². The van der Waals surface area contributed by atoms with Crippen LogP contribution in [-0.2, 0) is 14.3 Å². The van der Waals surface area contributed by atoms with Crippen LogP contribution < -0.4 is 15.2 Å². The van der Waals surface area contributed by atoms with Crippen molar-refractivity contribution in [1.29, 1.82) is 0 Å². The van der Waals surface area contributed by atoms with Crippen LogP contribution in [-0.4, -0.2) is 31.2 Å². The predicted molar refractivity (Wildman–Crippen MR) is 76.4 cm³/mol. The van der Waals surface area contributed by atoms with E-state index >= 15 is 0 Å². The fourth-order valence-corrected chi connectivity index (χ4v) is 3.07. The molecule has 1 aromatic carbocycles. The van der Waals surface area contributed by atoms with Gasteiger partial charge in [-0.1, -0.05) is 23.8 Å². The lowest BCUT2D eigenvalue weighted by Gasteiger charge is -2.25. The maximum atomic E-state index is 12.5. The maximum absolute atomic E-state index is 12.5. The SMILES string of the molecule is COc1ccc(Cl)cc1NC(=O)[C@H]1[C@@H](C(=O)[O-])[C@H]2C=C[C@@H]1O2. The van der Waals surface area contributed by atoms with Gasteiger partial charge in [0, 0.05) is 16.9 Å². The number of rotatable bonds is 4. The number of amides is 1. The molecule has 22 heavy (non-hydrogen) atoms. The number of carboxylic acid groups (broad SMARTS) is 1. The zero-order valence-electron chi connectivity index (χ0n) is 11.6. The molecule has 1 aromatic rings. The van der Waals surface area contributed by atoms with E-state index in [0.717, 1.165) is 0 Å². The van der Waals surface area contributed by atoms with Gasteiger partial charge in [-0.25, -0.2) is 0 Å². The molecule has 1 N–H and O–H groups in total. The van der Waals surface area contributed by atoms with Crippen molar-refractivity contribution in [1.82, 2.24) is 0 Å². The van der Waals surface area contributed by atoms with Crippen LogP contribution in [0.5, 0.6) is 5.75 Å². The zero-order valence-corrected chi connectivity index (χ0v) is 12.4. The Morgan fingerprint density at radius 3 is 2.59 bits per heavy atom. The van der Waals surface area contributed by atoms with E-state index in [1.807, 2.05) is 0 Å². The highest BCUT2D eigenvalue weighted by Crippen LogP contribution is 2.40. The van der Waals surface area contributed by atoms with Crippen LogP contribution in [0, 0.1) is 11.8 Å². The first kappa shape index (κ1) is 14.9. The second kappa shape index (κ2) is 5.62. The molecule has 2 bridgehead atoms. The second-order valence-electron chi connectivity index (χ2n) is 5.15. The molecule has 0 aromatic heterocycles. The van der Waals surface area contributed by atoms with Gasteiger partial charge in [0.2, 0.25) is 5.91 Å². The fraction of sp³-hybridized carbons (Fsp3) is 0.333. The van der Waals surface area contributed by atoms with E-state index in [1.54, 1.807) is 24.3 Å². The monoisotopic (exact) mass is 322 g/mol. The molecule has 2 aliphatic rings. The van der Waals surface area contributed by atoms with Gasteiger partial charge in [0.25, 0.3) is 0 Å². The summed E-state index contributed by atoms with van der Waals surface area (Å²) in [6.07, 6.45) is 2.17. The van der Waals surface area contributed by atoms with E-state index in [2.05, 4.69) is 5.32 Å². The number of carboxylic acids is 1. The molecule has 116 valence electrons. The van der Waals surface area contributed by atoms with E-state index in [-0.39, 0.29) is 0 Å². The Labute approximate surface area is 131 Å². The van der Waals surface area contributed by atoms with Gasteiger partial charge in [-0.15, -0.1) is 0 Å². The first-order valence-corrected chi connectivity index (χ1v) is 7.08. The Hall–Kier alpha value is -2.05. The standard InChI is InChI=1S/C15H14ClNO5/c1-21-9-3-2-7(16)6-8(9)17-14(18)12-10-4-5-11(22-10)13(12)15(19)20/h2-6,10-13H,1H3,(H,17,18)(H,19,20)/p-1/t10-,11+,12+,13-/m0/s1. The van der Waals surface area contributed by atoms with Gasteiger partial charge in [-0.3, -0.25) is 4.79 Å². The number of fused-ring (bicyclic) bond motifs is 2. The van der Waals surface area contributed by atoms with Gasteiger partial charge in [0.15, 0.2) is 0 Å². The van der Waals surface area contributed by atoms with Gasteiger partial charge in [0.05, 0.1) is 30.9 Å². The lowest BCUT2D eigenvalue weighted by Crippen LogP contribution is -2.45. The van der Waals surface area contributed by atoms with Crippen molar-refractivity contribution < 1.29 is 24.2 Å². The number of hydrogen-bond donors (Lipinski definition) is 1. The van der Waals surface area contributed by atoms with Crippen LogP contribution in [0.2, 0.25) is 5.02 Å². The summed E-state index contributed by atoms with van der Waals surface area (Å²) in [4.78, 5) is 23.8. The van der Waals surface area contributed by atoms with E-state index in [4.69, 9.17) is 21.1 Å². The van der Waals surface area contributed by atoms with Gasteiger partial charge < -0.3 is 24.7 Å². The molecule has 1 amide bonds. The number of carbonyl (C=O) groups is 2. The van der Waals surface area contributed by atoms with Crippen molar-refractivity contribution in [3.63, 3.8) is 0 Å². The predicted octanol–water partition coefficient (Wildman–Crippen LogP) is 0.607. The van der Waals surface area contributed by atoms with Crippen molar-refractivity contribution >= 4 is 29.2 Å². The van der Waals surface area contributed by atoms with Crippen molar-refractivity contribution in [3.05, 3.63) is 35.4 Å². The molecule has 1 fully saturated rings. The molecule has 0 aliphatic carbocycles. The van der Waals surface area contributed by atoms with Crippen LogP contribution in [0.3, 0.4) is 0 Å². The molecule has 7 heteroatoms. The van der Waals surface area contributed by atoms with Crippen molar-refractivity contribution in [2.45, 2.75) is 12.2 Å². The van der Waals surface area contributed by atoms with Gasteiger partial charge in [0.1, 0.15) is 5.75 Å². The minimum Gasteiger partial charge on any atom is -0.550 e. The van der Waals surface area contributed by atoms with Gasteiger partial charge >= 0.3 is 0 Å². The number of methoxy groups -OCH3 is 1. The molecule has 0 saturated carbocycles. The molecule has 1 saturated heterocycles. The van der Waals surface area contributed by atoms with E-state index in [1.165, 1.54) is 13.2 Å². The van der Waals surface area contributed by atoms with Crippen LogP contribution in [0.15, 0.2) is 30.4 Å². The minimum absolute atomic E-state index is 0.379. The number of benzene rings is 1. The first-order valence-electron chi connectivity index (χ1n) is 6.70. The lowest BCUT2D eigenvalue weighted by atomic mass is 9.82. The molecular formula is C15H13ClNO5-. The van der Waals surface area contributed by atoms with Crippen molar-refractivity contribution in [2.24, 2.45) is 11.8 Å². The molecule has 2 heterocycles. The van der Waals surface area contributed by atoms with Crippen molar-refractivity contribution in [3.8, 4) is 5.75 Å². The summed E-state index contributed by atoms with van der Waals surface area (Å²) < 4.78 is 10.6. The van der Waals surface area contributed by atoms with Crippen LogP contribution >= 0.6 is 11.6 Å². The number of carbonyl (C=O) groups excluding carboxylic acids is 2. The third kappa shape index (κ3) is 2.44. The zero-order chi connectivity index (χ0) is 15.9. The molecule has 0 unspecified atom stereocenters. The normalized spacial score (nSPS) is 28.6. The Morgan fingerprint density at radius 2 is 1.95 bits per heavy atom. The number of anilines is 1. The van der Waals surface area contributed by atoms with E-state index in [0.29, 0.717) is 16.5 Å². The second-order valence-corrected chi connectivity index (χ2v) is 5.59. The highest BCUT2D eigenvalue weighted by molar-refractivity contribution is 6.31. The number of halogens is 1. The Bertz CT molecular complexity index is 659. The largest absolute Gasteiger partial charge is 0.550 e.